The van der Waals surface area contributed by atoms with E-state index in [1.165, 1.54) is 12.8 Å². The molecular weight excluding hydrogens is 254 g/mol. The van der Waals surface area contributed by atoms with Crippen molar-refractivity contribution in [3.8, 4) is 5.75 Å². The lowest BCUT2D eigenvalue weighted by Gasteiger charge is -2.23. The van der Waals surface area contributed by atoms with Crippen molar-refractivity contribution in [1.82, 2.24) is 5.32 Å². The largest absolute Gasteiger partial charge is 0.491 e. The number of rotatable bonds is 7. The maximum absolute atomic E-state index is 9.88. The van der Waals surface area contributed by atoms with Crippen LogP contribution in [-0.4, -0.2) is 43.6 Å². The molecule has 112 valence electrons. The Bertz CT molecular complexity index is 391. The van der Waals surface area contributed by atoms with Crippen molar-refractivity contribution in [2.75, 3.05) is 26.3 Å². The zero-order valence-corrected chi connectivity index (χ0v) is 12.2. The van der Waals surface area contributed by atoms with Gasteiger partial charge in [0.05, 0.1) is 6.10 Å². The molecule has 0 spiro atoms. The van der Waals surface area contributed by atoms with Gasteiger partial charge in [-0.25, -0.2) is 0 Å². The van der Waals surface area contributed by atoms with Crippen LogP contribution in [0.4, 0.5) is 0 Å². The third-order valence-corrected chi connectivity index (χ3v) is 3.46. The van der Waals surface area contributed by atoms with Gasteiger partial charge in [0.15, 0.2) is 0 Å². The molecule has 1 aromatic rings. The molecule has 4 heteroatoms. The van der Waals surface area contributed by atoms with Gasteiger partial charge in [0.1, 0.15) is 18.5 Å². The summed E-state index contributed by atoms with van der Waals surface area (Å²) in [6.07, 6.45) is 3.32. The second-order valence-electron chi connectivity index (χ2n) is 5.43. The molecular formula is C16H25NO3. The fourth-order valence-electron chi connectivity index (χ4n) is 2.34. The van der Waals surface area contributed by atoms with Crippen LogP contribution in [0.5, 0.6) is 5.75 Å². The Labute approximate surface area is 121 Å². The average Bonchev–Trinajstić information content (AvgIpc) is 2.46. The van der Waals surface area contributed by atoms with Crippen molar-refractivity contribution in [2.24, 2.45) is 0 Å². The Morgan fingerprint density at radius 1 is 1.45 bits per heavy atom. The van der Waals surface area contributed by atoms with Crippen molar-refractivity contribution >= 4 is 0 Å². The van der Waals surface area contributed by atoms with Crippen LogP contribution in [0.25, 0.3) is 0 Å². The smallest absolute Gasteiger partial charge is 0.119 e. The van der Waals surface area contributed by atoms with Crippen LogP contribution in [-0.2, 0) is 4.74 Å². The highest BCUT2D eigenvalue weighted by atomic mass is 16.5. The van der Waals surface area contributed by atoms with Gasteiger partial charge in [-0.15, -0.1) is 0 Å². The second-order valence-corrected chi connectivity index (χ2v) is 5.43. The summed E-state index contributed by atoms with van der Waals surface area (Å²) in [6, 6.07) is 7.85. The average molecular weight is 279 g/mol. The topological polar surface area (TPSA) is 50.7 Å². The van der Waals surface area contributed by atoms with Gasteiger partial charge in [0.2, 0.25) is 0 Å². The summed E-state index contributed by atoms with van der Waals surface area (Å²) in [5.74, 6) is 0.805. The Balaban J connectivity index is 1.59. The molecule has 0 aromatic heterocycles. The molecule has 0 aliphatic carbocycles. The number of hydrogen-bond acceptors (Lipinski definition) is 4. The van der Waals surface area contributed by atoms with Crippen molar-refractivity contribution in [3.05, 3.63) is 29.8 Å². The van der Waals surface area contributed by atoms with Gasteiger partial charge in [0, 0.05) is 19.7 Å². The van der Waals surface area contributed by atoms with Crippen molar-refractivity contribution < 1.29 is 14.6 Å². The normalized spacial score (nSPS) is 20.6. The van der Waals surface area contributed by atoms with E-state index < -0.39 is 6.10 Å². The molecule has 4 nitrogen and oxygen atoms in total. The van der Waals surface area contributed by atoms with Crippen LogP contribution >= 0.6 is 0 Å². The number of benzene rings is 1. The molecule has 0 amide bonds. The van der Waals surface area contributed by atoms with Crippen molar-refractivity contribution in [3.63, 3.8) is 0 Å². The van der Waals surface area contributed by atoms with E-state index >= 15 is 0 Å². The maximum atomic E-state index is 9.88. The molecule has 20 heavy (non-hydrogen) atoms. The van der Waals surface area contributed by atoms with Crippen molar-refractivity contribution in [1.29, 1.82) is 0 Å². The fourth-order valence-corrected chi connectivity index (χ4v) is 2.34. The first-order valence-corrected chi connectivity index (χ1v) is 7.44. The van der Waals surface area contributed by atoms with E-state index in [0.29, 0.717) is 19.3 Å². The summed E-state index contributed by atoms with van der Waals surface area (Å²) in [5.41, 5.74) is 1.16. The lowest BCUT2D eigenvalue weighted by atomic mass is 10.1. The van der Waals surface area contributed by atoms with Gasteiger partial charge in [-0.3, -0.25) is 0 Å². The highest BCUT2D eigenvalue weighted by Crippen LogP contribution is 2.13. The van der Waals surface area contributed by atoms with Crippen LogP contribution in [0.3, 0.4) is 0 Å². The van der Waals surface area contributed by atoms with E-state index in [0.717, 1.165) is 30.9 Å². The van der Waals surface area contributed by atoms with Crippen LogP contribution in [0.2, 0.25) is 0 Å². The number of nitrogens with one attached hydrogen (secondary N) is 1. The lowest BCUT2D eigenvalue weighted by molar-refractivity contribution is 0.0141. The number of aliphatic hydroxyl groups is 1. The quantitative estimate of drug-likeness (QED) is 0.800. The fraction of sp³-hybridized carbons (Fsp3) is 0.625. The minimum absolute atomic E-state index is 0.300. The van der Waals surface area contributed by atoms with E-state index in [1.807, 2.05) is 31.2 Å². The third kappa shape index (κ3) is 5.49. The Morgan fingerprint density at radius 3 is 3.10 bits per heavy atom. The summed E-state index contributed by atoms with van der Waals surface area (Å²) in [6.45, 7) is 4.54. The molecule has 2 N–H and O–H groups in total. The highest BCUT2D eigenvalue weighted by molar-refractivity contribution is 5.27. The summed E-state index contributed by atoms with van der Waals surface area (Å²) in [5, 5.41) is 13.1. The molecule has 1 saturated heterocycles. The van der Waals surface area contributed by atoms with Crippen LogP contribution < -0.4 is 10.1 Å². The van der Waals surface area contributed by atoms with E-state index in [2.05, 4.69) is 5.32 Å². The SMILES string of the molecule is Cc1cccc(OCC(O)CNCC2CCCCO2)c1. The molecule has 0 radical (unpaired) electrons. The van der Waals surface area contributed by atoms with Gasteiger partial charge in [-0.05, 0) is 43.9 Å². The molecule has 1 heterocycles. The zero-order valence-electron chi connectivity index (χ0n) is 12.2. The maximum Gasteiger partial charge on any atom is 0.119 e. The first-order valence-electron chi connectivity index (χ1n) is 7.44. The minimum atomic E-state index is -0.501. The Hall–Kier alpha value is -1.10. The number of aryl methyl sites for hydroxylation is 1. The monoisotopic (exact) mass is 279 g/mol. The van der Waals surface area contributed by atoms with E-state index in [1.54, 1.807) is 0 Å². The summed E-state index contributed by atoms with van der Waals surface area (Å²) < 4.78 is 11.2. The lowest BCUT2D eigenvalue weighted by Crippen LogP contribution is -2.37. The van der Waals surface area contributed by atoms with Crippen LogP contribution in [0.1, 0.15) is 24.8 Å². The van der Waals surface area contributed by atoms with Crippen LogP contribution in [0, 0.1) is 6.92 Å². The standard InChI is InChI=1S/C16H25NO3/c1-13-5-4-7-15(9-13)20-12-14(18)10-17-11-16-6-2-3-8-19-16/h4-5,7,9,14,16-18H,2-3,6,8,10-12H2,1H3. The minimum Gasteiger partial charge on any atom is -0.491 e. The second kappa shape index (κ2) is 8.25. The van der Waals surface area contributed by atoms with E-state index in [9.17, 15) is 5.11 Å². The van der Waals surface area contributed by atoms with Crippen molar-refractivity contribution in [2.45, 2.75) is 38.4 Å². The number of aliphatic hydroxyl groups excluding tert-OH is 1. The predicted molar refractivity (Wildman–Crippen MR) is 79.1 cm³/mol. The van der Waals surface area contributed by atoms with E-state index in [-0.39, 0.29) is 0 Å². The summed E-state index contributed by atoms with van der Waals surface area (Å²) in [7, 11) is 0. The van der Waals surface area contributed by atoms with E-state index in [4.69, 9.17) is 9.47 Å². The van der Waals surface area contributed by atoms with Gasteiger partial charge in [-0.2, -0.15) is 0 Å². The third-order valence-electron chi connectivity index (χ3n) is 3.46. The van der Waals surface area contributed by atoms with Gasteiger partial charge >= 0.3 is 0 Å². The molecule has 2 rings (SSSR count). The summed E-state index contributed by atoms with van der Waals surface area (Å²) >= 11 is 0. The molecule has 1 aromatic carbocycles. The molecule has 1 fully saturated rings. The zero-order chi connectivity index (χ0) is 14.2. The highest BCUT2D eigenvalue weighted by Gasteiger charge is 2.14. The number of hydrogen-bond donors (Lipinski definition) is 2. The molecule has 0 bridgehead atoms. The Kier molecular flexibility index (Phi) is 6.30. The molecule has 0 saturated carbocycles. The van der Waals surface area contributed by atoms with Gasteiger partial charge < -0.3 is 19.9 Å². The summed E-state index contributed by atoms with van der Waals surface area (Å²) in [4.78, 5) is 0. The first kappa shape index (κ1) is 15.3. The first-order chi connectivity index (χ1) is 9.74. The Morgan fingerprint density at radius 2 is 2.35 bits per heavy atom. The van der Waals surface area contributed by atoms with Gasteiger partial charge in [0.25, 0.3) is 0 Å². The molecule has 2 atom stereocenters. The molecule has 1 aliphatic heterocycles. The van der Waals surface area contributed by atoms with Gasteiger partial charge in [-0.1, -0.05) is 12.1 Å². The predicted octanol–water partition coefficient (Wildman–Crippen LogP) is 1.89. The number of ether oxygens (including phenoxy) is 2. The molecule has 1 aliphatic rings. The molecule has 2 unspecified atom stereocenters. The van der Waals surface area contributed by atoms with Crippen LogP contribution in [0.15, 0.2) is 24.3 Å².